The molecule has 10 aromatic carbocycles. The van der Waals surface area contributed by atoms with Crippen LogP contribution in [-0.2, 0) is 9.59 Å². The molecule has 0 aromatic heterocycles. The molecule has 1 atom stereocenters. The fourth-order valence-electron chi connectivity index (χ4n) is 12.2. The Balaban J connectivity index is 0.829. The molecule has 0 saturated carbocycles. The zero-order valence-corrected chi connectivity index (χ0v) is 49.9. The van der Waals surface area contributed by atoms with Gasteiger partial charge >= 0.3 is 0 Å². The minimum atomic E-state index is -0.0432. The average Bonchev–Trinajstić information content (AvgIpc) is 1.61. The first-order valence-electron chi connectivity index (χ1n) is 30.8. The summed E-state index contributed by atoms with van der Waals surface area (Å²) in [6, 6.07) is 91.2. The zero-order valence-electron chi connectivity index (χ0n) is 49.9. The Morgan fingerprint density at radius 1 is 0.297 bits per heavy atom. The van der Waals surface area contributed by atoms with Crippen LogP contribution in [0.2, 0.25) is 0 Å². The van der Waals surface area contributed by atoms with E-state index in [-0.39, 0.29) is 17.5 Å². The van der Waals surface area contributed by atoms with E-state index in [9.17, 15) is 0 Å². The molecule has 3 heteroatoms. The Morgan fingerprint density at radius 2 is 0.648 bits per heavy atom. The Hall–Kier alpha value is -12.1. The summed E-state index contributed by atoms with van der Waals surface area (Å²) in [5.74, 6) is 21.3. The van der Waals surface area contributed by atoms with E-state index >= 15 is 9.59 Å². The molecule has 4 aliphatic carbocycles. The van der Waals surface area contributed by atoms with Gasteiger partial charge in [-0.15, -0.1) is 0 Å². The fourth-order valence-corrected chi connectivity index (χ4v) is 12.2. The van der Waals surface area contributed by atoms with E-state index in [2.05, 4.69) is 157 Å². The number of rotatable bonds is 11. The van der Waals surface area contributed by atoms with Crippen molar-refractivity contribution in [2.45, 2.75) is 19.3 Å². The third-order valence-corrected chi connectivity index (χ3v) is 16.7. The summed E-state index contributed by atoms with van der Waals surface area (Å²) < 4.78 is 6.72. The topological polar surface area (TPSA) is 43.4 Å². The van der Waals surface area contributed by atoms with E-state index in [1.54, 1.807) is 0 Å². The van der Waals surface area contributed by atoms with Crippen molar-refractivity contribution in [2.24, 2.45) is 5.92 Å². The second-order valence-electron chi connectivity index (χ2n) is 22.6. The molecule has 0 spiro atoms. The van der Waals surface area contributed by atoms with Gasteiger partial charge in [0.05, 0.1) is 0 Å². The lowest BCUT2D eigenvalue weighted by Gasteiger charge is -2.17. The third-order valence-electron chi connectivity index (χ3n) is 16.7. The molecule has 0 radical (unpaired) electrons. The molecule has 0 aliphatic heterocycles. The van der Waals surface area contributed by atoms with Crippen molar-refractivity contribution in [3.05, 3.63) is 387 Å². The Labute approximate surface area is 532 Å². The normalized spacial score (nSPS) is 15.1. The highest BCUT2D eigenvalue weighted by Crippen LogP contribution is 2.52. The quantitative estimate of drug-likeness (QED) is 0.121. The van der Waals surface area contributed by atoms with E-state index in [1.165, 1.54) is 0 Å². The Kier molecular flexibility index (Phi) is 16.3. The van der Waals surface area contributed by atoms with Crippen LogP contribution < -0.4 is 4.74 Å². The number of ether oxygens (including phenoxy) is 1. The van der Waals surface area contributed by atoms with Crippen LogP contribution in [0.4, 0.5) is 0 Å². The monoisotopic (exact) mass is 1160 g/mol. The molecule has 14 rings (SSSR count). The number of benzene rings is 10. The molecule has 0 bridgehead atoms. The highest BCUT2D eigenvalue weighted by atomic mass is 16.5. The van der Waals surface area contributed by atoms with Gasteiger partial charge in [0.25, 0.3) is 0 Å². The number of hydrogen-bond donors (Lipinski definition) is 0. The highest BCUT2D eigenvalue weighted by molar-refractivity contribution is 6.59. The van der Waals surface area contributed by atoms with Crippen molar-refractivity contribution >= 4 is 50.6 Å². The van der Waals surface area contributed by atoms with E-state index in [0.29, 0.717) is 40.2 Å². The number of Topliss-reactive ketones (excluding diaryl/α,β-unsaturated/α-hetero) is 2. The molecule has 1 unspecified atom stereocenters. The third kappa shape index (κ3) is 12.3. The van der Waals surface area contributed by atoms with Gasteiger partial charge in [-0.3, -0.25) is 9.59 Å². The lowest BCUT2D eigenvalue weighted by atomic mass is 9.86. The molecule has 0 amide bonds. The maximum atomic E-state index is 15.5. The number of carbonyl (C=O) groups is 2. The molecule has 428 valence electrons. The van der Waals surface area contributed by atoms with Gasteiger partial charge in [0.2, 0.25) is 0 Å². The minimum absolute atomic E-state index is 0.00646. The molecule has 3 nitrogen and oxygen atoms in total. The standard InChI is InChI=1S/C88H58O3/c89-87-83(69-27-15-5-16-28-69)79(71-43-37-64(38-44-71)34-31-61-19-7-1-8-20-61)81(85(87)75-47-41-66(42-48-75)36-33-63-23-11-3-12-24-63)73-53-57-77(58-54-73)91-78-59-55-74(56-60-78)82-80(72-45-39-65(40-46-72)35-32-62-21-9-2-10-22-62)84(70-29-17-6-18-30-70)88(90)86(82)76-51-49-68(50-52-76)67-25-13-4-14-26-67/h1,3-9,11-30,37-41,43-60,66H,2,10,42H2. The average molecular weight is 1160 g/mol. The molecule has 0 N–H and O–H groups in total. The van der Waals surface area contributed by atoms with Crippen LogP contribution in [0, 0.1) is 41.4 Å². The predicted molar refractivity (Wildman–Crippen MR) is 372 cm³/mol. The Bertz CT molecular complexity index is 4900. The molecular weight excluding hydrogens is 1100 g/mol. The largest absolute Gasteiger partial charge is 0.457 e. The Morgan fingerprint density at radius 3 is 1.10 bits per heavy atom. The molecule has 10 aromatic rings. The van der Waals surface area contributed by atoms with Crippen LogP contribution in [0.15, 0.2) is 326 Å². The first kappa shape index (κ1) is 56.7. The number of allylic oxidation sites excluding steroid dienone is 16. The maximum Gasteiger partial charge on any atom is 0.195 e. The number of ketones is 2. The van der Waals surface area contributed by atoms with Crippen LogP contribution in [0.1, 0.15) is 80.5 Å². The van der Waals surface area contributed by atoms with Crippen molar-refractivity contribution in [2.75, 3.05) is 0 Å². The second kappa shape index (κ2) is 26.1. The van der Waals surface area contributed by atoms with Crippen molar-refractivity contribution in [1.82, 2.24) is 0 Å². The first-order valence-corrected chi connectivity index (χ1v) is 30.8. The van der Waals surface area contributed by atoms with Gasteiger partial charge in [-0.2, -0.15) is 0 Å². The summed E-state index contributed by atoms with van der Waals surface area (Å²) in [6.45, 7) is 0. The molecule has 0 fully saturated rings. The van der Waals surface area contributed by atoms with Gasteiger partial charge in [-0.1, -0.05) is 272 Å². The summed E-state index contributed by atoms with van der Waals surface area (Å²) in [5, 5.41) is 0. The lowest BCUT2D eigenvalue weighted by Crippen LogP contribution is -2.07. The SMILES string of the molecule is O=C1C(C2=CCC(C#Cc3ccccc3)C=C2)=C(c2ccc(Oc3ccc(C4=C(c5ccc(-c6ccccc6)cc5)C(=O)C(c5ccccc5)=C4c4ccc(C#CC5=CCCC=C5)cc4)cc3)cc2)C(c2ccc(C#Cc3ccccc3)cc2)=C1c1ccccc1. The predicted octanol–water partition coefficient (Wildman–Crippen LogP) is 19.8. The maximum absolute atomic E-state index is 15.5. The van der Waals surface area contributed by atoms with E-state index in [0.717, 1.165) is 119 Å². The lowest BCUT2D eigenvalue weighted by molar-refractivity contribution is -0.110. The number of hydrogen-bond acceptors (Lipinski definition) is 3. The van der Waals surface area contributed by atoms with Gasteiger partial charge < -0.3 is 4.74 Å². The number of carbonyl (C=O) groups excluding carboxylic acids is 2. The smallest absolute Gasteiger partial charge is 0.195 e. The summed E-state index contributed by atoms with van der Waals surface area (Å²) in [5.41, 5.74) is 19.7. The second-order valence-corrected chi connectivity index (χ2v) is 22.6. The van der Waals surface area contributed by atoms with Crippen LogP contribution in [0.5, 0.6) is 11.5 Å². The summed E-state index contributed by atoms with van der Waals surface area (Å²) in [7, 11) is 0. The van der Waals surface area contributed by atoms with Crippen molar-refractivity contribution in [3.63, 3.8) is 0 Å². The molecule has 4 aliphatic rings. The van der Waals surface area contributed by atoms with Crippen LogP contribution >= 0.6 is 0 Å². The van der Waals surface area contributed by atoms with Crippen molar-refractivity contribution in [3.8, 4) is 58.1 Å². The van der Waals surface area contributed by atoms with Crippen molar-refractivity contribution < 1.29 is 14.3 Å². The van der Waals surface area contributed by atoms with E-state index in [4.69, 9.17) is 4.74 Å². The van der Waals surface area contributed by atoms with Gasteiger partial charge in [0.15, 0.2) is 11.6 Å². The molecule has 0 saturated heterocycles. The molecular formula is C88H58O3. The molecule has 91 heavy (non-hydrogen) atoms. The van der Waals surface area contributed by atoms with Gasteiger partial charge in [0.1, 0.15) is 11.5 Å². The zero-order chi connectivity index (χ0) is 61.3. The minimum Gasteiger partial charge on any atom is -0.457 e. The van der Waals surface area contributed by atoms with Crippen LogP contribution in [0.3, 0.4) is 0 Å². The summed E-state index contributed by atoms with van der Waals surface area (Å²) in [4.78, 5) is 31.0. The fraction of sp³-hybridized carbons (Fsp3) is 0.0455. The van der Waals surface area contributed by atoms with Crippen molar-refractivity contribution in [1.29, 1.82) is 0 Å². The van der Waals surface area contributed by atoms with E-state index < -0.39 is 0 Å². The highest BCUT2D eigenvalue weighted by Gasteiger charge is 2.38. The van der Waals surface area contributed by atoms with E-state index in [1.807, 2.05) is 188 Å². The van der Waals surface area contributed by atoms with Gasteiger partial charge in [-0.05, 0) is 148 Å². The van der Waals surface area contributed by atoms with Gasteiger partial charge in [-0.25, -0.2) is 0 Å². The van der Waals surface area contributed by atoms with Crippen LogP contribution in [-0.4, -0.2) is 11.6 Å². The van der Waals surface area contributed by atoms with Crippen LogP contribution in [0.25, 0.3) is 50.1 Å². The summed E-state index contributed by atoms with van der Waals surface area (Å²) >= 11 is 0. The van der Waals surface area contributed by atoms with Gasteiger partial charge in [0, 0.05) is 78.3 Å². The first-order chi connectivity index (χ1) is 45.0. The summed E-state index contributed by atoms with van der Waals surface area (Å²) in [6.07, 6.45) is 15.5. The molecule has 0 heterocycles.